The molecule has 0 spiro atoms. The molecule has 0 fully saturated rings. The minimum atomic E-state index is 0.384. The van der Waals surface area contributed by atoms with E-state index in [1.807, 2.05) is 18.2 Å². The Morgan fingerprint density at radius 2 is 1.78 bits per heavy atom. The van der Waals surface area contributed by atoms with E-state index in [0.29, 0.717) is 16.7 Å². The molecule has 0 atom stereocenters. The summed E-state index contributed by atoms with van der Waals surface area (Å²) in [6, 6.07) is 17.9. The fourth-order valence-corrected chi connectivity index (χ4v) is 3.69. The van der Waals surface area contributed by atoms with Crippen LogP contribution in [0.25, 0.3) is 0 Å². The summed E-state index contributed by atoms with van der Waals surface area (Å²) >= 11 is 15.7. The number of hydrogen-bond donors (Lipinski definition) is 1. The van der Waals surface area contributed by atoms with Crippen LogP contribution in [-0.2, 0) is 13.2 Å². The average Bonchev–Trinajstić information content (AvgIpc) is 2.63. The molecule has 0 saturated heterocycles. The van der Waals surface area contributed by atoms with Crippen molar-refractivity contribution in [2.45, 2.75) is 27.0 Å². The van der Waals surface area contributed by atoms with Crippen LogP contribution in [0.15, 0.2) is 59.1 Å². The minimum Gasteiger partial charge on any atom is -0.488 e. The van der Waals surface area contributed by atoms with Crippen molar-refractivity contribution in [1.82, 2.24) is 0 Å². The van der Waals surface area contributed by atoms with Crippen LogP contribution in [0, 0.1) is 13.8 Å². The van der Waals surface area contributed by atoms with E-state index < -0.39 is 0 Å². The van der Waals surface area contributed by atoms with Gasteiger partial charge in [-0.15, -0.1) is 0 Å². The second-order valence-electron chi connectivity index (χ2n) is 6.46. The van der Waals surface area contributed by atoms with Crippen LogP contribution in [0.1, 0.15) is 22.3 Å². The number of nitrogens with one attached hydrogen (secondary N) is 1. The van der Waals surface area contributed by atoms with Crippen molar-refractivity contribution in [3.8, 4) is 5.75 Å². The smallest absolute Gasteiger partial charge is 0.134 e. The Morgan fingerprint density at radius 1 is 0.963 bits per heavy atom. The van der Waals surface area contributed by atoms with Crippen LogP contribution in [0.5, 0.6) is 5.75 Å². The van der Waals surface area contributed by atoms with Crippen LogP contribution in [0.2, 0.25) is 10.0 Å². The van der Waals surface area contributed by atoms with E-state index in [4.69, 9.17) is 27.9 Å². The largest absolute Gasteiger partial charge is 0.488 e. The molecule has 2 nitrogen and oxygen atoms in total. The summed E-state index contributed by atoms with van der Waals surface area (Å²) in [6.07, 6.45) is 0. The highest BCUT2D eigenvalue weighted by Crippen LogP contribution is 2.29. The first kappa shape index (κ1) is 20.1. The zero-order valence-electron chi connectivity index (χ0n) is 15.2. The van der Waals surface area contributed by atoms with Gasteiger partial charge in [-0.25, -0.2) is 0 Å². The molecule has 0 saturated carbocycles. The lowest BCUT2D eigenvalue weighted by Gasteiger charge is -2.13. The molecule has 140 valence electrons. The first-order valence-electron chi connectivity index (χ1n) is 8.58. The number of hydrogen-bond acceptors (Lipinski definition) is 2. The molecule has 3 aromatic rings. The molecule has 0 radical (unpaired) electrons. The van der Waals surface area contributed by atoms with Crippen molar-refractivity contribution in [3.05, 3.63) is 91.4 Å². The van der Waals surface area contributed by atoms with Gasteiger partial charge in [0.05, 0.1) is 4.47 Å². The summed E-state index contributed by atoms with van der Waals surface area (Å²) in [5.41, 5.74) is 5.70. The molecule has 0 amide bonds. The van der Waals surface area contributed by atoms with Gasteiger partial charge in [-0.2, -0.15) is 0 Å². The minimum absolute atomic E-state index is 0.384. The zero-order chi connectivity index (χ0) is 19.4. The van der Waals surface area contributed by atoms with Crippen LogP contribution >= 0.6 is 39.1 Å². The van der Waals surface area contributed by atoms with Crippen LogP contribution in [0.3, 0.4) is 0 Å². The SMILES string of the molecule is Cc1ccc(C)c(NCc2ccc(OCc3ccc(Cl)cc3Cl)c(Br)c2)c1. The molecule has 0 heterocycles. The van der Waals surface area contributed by atoms with Crippen molar-refractivity contribution < 1.29 is 4.74 Å². The second-order valence-corrected chi connectivity index (χ2v) is 8.16. The van der Waals surface area contributed by atoms with Gasteiger partial charge in [0.15, 0.2) is 0 Å². The summed E-state index contributed by atoms with van der Waals surface area (Å²) in [6.45, 7) is 5.33. The standard InChI is InChI=1S/C22H20BrCl2NO/c1-14-3-4-15(2)21(9-14)26-12-16-5-8-22(19(23)10-16)27-13-17-6-7-18(24)11-20(17)25/h3-11,26H,12-13H2,1-2H3. The van der Waals surface area contributed by atoms with E-state index in [1.165, 1.54) is 16.7 Å². The fraction of sp³-hybridized carbons (Fsp3) is 0.182. The molecule has 5 heteroatoms. The molecule has 3 aromatic carbocycles. The number of halogens is 3. The Hall–Kier alpha value is -1.68. The summed E-state index contributed by atoms with van der Waals surface area (Å²) in [5.74, 6) is 0.775. The summed E-state index contributed by atoms with van der Waals surface area (Å²) in [4.78, 5) is 0. The molecule has 0 aliphatic carbocycles. The summed E-state index contributed by atoms with van der Waals surface area (Å²) in [5, 5.41) is 4.72. The number of aryl methyl sites for hydroxylation is 2. The Kier molecular flexibility index (Phi) is 6.69. The highest BCUT2D eigenvalue weighted by molar-refractivity contribution is 9.10. The number of rotatable bonds is 6. The van der Waals surface area contributed by atoms with Crippen LogP contribution in [0.4, 0.5) is 5.69 Å². The van der Waals surface area contributed by atoms with E-state index >= 15 is 0 Å². The maximum absolute atomic E-state index is 6.20. The Labute approximate surface area is 178 Å². The normalized spacial score (nSPS) is 10.7. The second kappa shape index (κ2) is 9.01. The third kappa shape index (κ3) is 5.41. The summed E-state index contributed by atoms with van der Waals surface area (Å²) < 4.78 is 6.81. The molecule has 1 N–H and O–H groups in total. The molecule has 0 aromatic heterocycles. The van der Waals surface area contributed by atoms with E-state index in [2.05, 4.69) is 65.4 Å². The lowest BCUT2D eigenvalue weighted by Crippen LogP contribution is -2.02. The van der Waals surface area contributed by atoms with E-state index in [0.717, 1.165) is 28.0 Å². The molecule has 0 bridgehead atoms. The zero-order valence-corrected chi connectivity index (χ0v) is 18.3. The highest BCUT2D eigenvalue weighted by Gasteiger charge is 2.07. The van der Waals surface area contributed by atoms with Gasteiger partial charge < -0.3 is 10.1 Å². The van der Waals surface area contributed by atoms with E-state index in [-0.39, 0.29) is 0 Å². The van der Waals surface area contributed by atoms with Gasteiger partial charge in [-0.1, -0.05) is 47.5 Å². The maximum Gasteiger partial charge on any atom is 0.134 e. The number of anilines is 1. The molecule has 27 heavy (non-hydrogen) atoms. The molecule has 0 unspecified atom stereocenters. The maximum atomic E-state index is 6.20. The first-order chi connectivity index (χ1) is 12.9. The third-order valence-corrected chi connectivity index (χ3v) is 5.48. The number of ether oxygens (including phenoxy) is 1. The Bertz CT molecular complexity index is 959. The Morgan fingerprint density at radius 3 is 2.52 bits per heavy atom. The quantitative estimate of drug-likeness (QED) is 0.406. The topological polar surface area (TPSA) is 21.3 Å². The average molecular weight is 465 g/mol. The van der Waals surface area contributed by atoms with Gasteiger partial charge >= 0.3 is 0 Å². The van der Waals surface area contributed by atoms with Gasteiger partial charge in [0.1, 0.15) is 12.4 Å². The molecular formula is C22H20BrCl2NO. The van der Waals surface area contributed by atoms with Gasteiger partial charge in [0.2, 0.25) is 0 Å². The van der Waals surface area contributed by atoms with Crippen molar-refractivity contribution >= 4 is 44.8 Å². The molecule has 0 aliphatic rings. The first-order valence-corrected chi connectivity index (χ1v) is 10.1. The molecular weight excluding hydrogens is 445 g/mol. The van der Waals surface area contributed by atoms with Gasteiger partial charge in [0, 0.05) is 27.8 Å². The fourth-order valence-electron chi connectivity index (χ4n) is 2.69. The van der Waals surface area contributed by atoms with E-state index in [1.54, 1.807) is 6.07 Å². The lowest BCUT2D eigenvalue weighted by molar-refractivity contribution is 0.304. The predicted molar refractivity (Wildman–Crippen MR) is 118 cm³/mol. The van der Waals surface area contributed by atoms with Crippen molar-refractivity contribution in [3.63, 3.8) is 0 Å². The van der Waals surface area contributed by atoms with Gasteiger partial charge in [0.25, 0.3) is 0 Å². The highest BCUT2D eigenvalue weighted by atomic mass is 79.9. The Balaban J connectivity index is 1.64. The summed E-state index contributed by atoms with van der Waals surface area (Å²) in [7, 11) is 0. The van der Waals surface area contributed by atoms with E-state index in [9.17, 15) is 0 Å². The monoisotopic (exact) mass is 463 g/mol. The van der Waals surface area contributed by atoms with Crippen LogP contribution < -0.4 is 10.1 Å². The lowest BCUT2D eigenvalue weighted by atomic mass is 10.1. The number of benzene rings is 3. The van der Waals surface area contributed by atoms with Gasteiger partial charge in [-0.3, -0.25) is 0 Å². The molecule has 0 aliphatic heterocycles. The van der Waals surface area contributed by atoms with Crippen molar-refractivity contribution in [1.29, 1.82) is 0 Å². The molecule has 3 rings (SSSR count). The van der Waals surface area contributed by atoms with Crippen molar-refractivity contribution in [2.75, 3.05) is 5.32 Å². The third-order valence-electron chi connectivity index (χ3n) is 4.27. The van der Waals surface area contributed by atoms with Crippen LogP contribution in [-0.4, -0.2) is 0 Å². The van der Waals surface area contributed by atoms with Gasteiger partial charge in [-0.05, 0) is 76.8 Å². The van der Waals surface area contributed by atoms with Crippen molar-refractivity contribution in [2.24, 2.45) is 0 Å². The predicted octanol–water partition coefficient (Wildman–Crippen LogP) is 7.56.